The number of phenolic OH excluding ortho intramolecular Hbond substituents is 1. The van der Waals surface area contributed by atoms with Crippen LogP contribution in [0.15, 0.2) is 29.2 Å². The molecule has 0 fully saturated rings. The van der Waals surface area contributed by atoms with Crippen molar-refractivity contribution in [3.8, 4) is 5.75 Å². The van der Waals surface area contributed by atoms with Crippen LogP contribution in [0, 0.1) is 0 Å². The minimum Gasteiger partial charge on any atom is -0.507 e. The summed E-state index contributed by atoms with van der Waals surface area (Å²) in [6.45, 7) is 1.68. The average molecular weight is 295 g/mol. The first kappa shape index (κ1) is 16.1. The molecule has 0 heterocycles. The Morgan fingerprint density at radius 3 is 2.55 bits per heavy atom. The monoisotopic (exact) mass is 295 g/mol. The molecule has 0 spiro atoms. The SMILES string of the molecule is COC(=O)/C=C(/C)c1c(O)cccc1SC(=O)N(C)C. The standard InChI is InChI=1S/C14H17NO4S/c1-9(8-12(17)19-4)13-10(16)6-5-7-11(13)20-14(18)15(2)3/h5-8,16H,1-4H3/b9-8-. The van der Waals surface area contributed by atoms with Crippen molar-refractivity contribution in [3.63, 3.8) is 0 Å². The van der Waals surface area contributed by atoms with Gasteiger partial charge >= 0.3 is 5.97 Å². The van der Waals surface area contributed by atoms with Crippen LogP contribution in [0.4, 0.5) is 4.79 Å². The summed E-state index contributed by atoms with van der Waals surface area (Å²) in [4.78, 5) is 25.1. The highest BCUT2D eigenvalue weighted by atomic mass is 32.2. The number of rotatable bonds is 3. The highest BCUT2D eigenvalue weighted by Gasteiger charge is 2.15. The number of hydrogen-bond acceptors (Lipinski definition) is 5. The van der Waals surface area contributed by atoms with Crippen LogP contribution in [0.3, 0.4) is 0 Å². The number of phenols is 1. The Labute approximate surface area is 122 Å². The molecule has 0 saturated carbocycles. The first-order chi connectivity index (χ1) is 9.36. The molecule has 0 unspecified atom stereocenters. The zero-order valence-electron chi connectivity index (χ0n) is 11.8. The van der Waals surface area contributed by atoms with Crippen LogP contribution >= 0.6 is 11.8 Å². The number of aromatic hydroxyl groups is 1. The van der Waals surface area contributed by atoms with E-state index in [-0.39, 0.29) is 11.0 Å². The van der Waals surface area contributed by atoms with Crippen LogP contribution in [0.5, 0.6) is 5.75 Å². The molecule has 0 saturated heterocycles. The van der Waals surface area contributed by atoms with Crippen molar-refractivity contribution in [1.29, 1.82) is 0 Å². The predicted molar refractivity (Wildman–Crippen MR) is 78.7 cm³/mol. The highest BCUT2D eigenvalue weighted by molar-refractivity contribution is 8.13. The van der Waals surface area contributed by atoms with Crippen LogP contribution in [-0.4, -0.2) is 42.4 Å². The van der Waals surface area contributed by atoms with E-state index >= 15 is 0 Å². The van der Waals surface area contributed by atoms with Gasteiger partial charge in [0.05, 0.1) is 7.11 Å². The number of nitrogens with zero attached hydrogens (tertiary/aromatic N) is 1. The van der Waals surface area contributed by atoms with E-state index in [4.69, 9.17) is 0 Å². The van der Waals surface area contributed by atoms with E-state index in [1.165, 1.54) is 24.2 Å². The van der Waals surface area contributed by atoms with E-state index < -0.39 is 5.97 Å². The third-order valence-corrected chi connectivity index (χ3v) is 3.60. The number of benzene rings is 1. The summed E-state index contributed by atoms with van der Waals surface area (Å²) in [5.41, 5.74) is 0.988. The minimum absolute atomic E-state index is 0.0132. The van der Waals surface area contributed by atoms with Gasteiger partial charge in [0.25, 0.3) is 5.24 Å². The summed E-state index contributed by atoms with van der Waals surface area (Å²) in [5.74, 6) is -0.500. The van der Waals surface area contributed by atoms with Gasteiger partial charge in [-0.25, -0.2) is 4.79 Å². The summed E-state index contributed by atoms with van der Waals surface area (Å²) in [5, 5.41) is 9.80. The maximum atomic E-state index is 11.8. The lowest BCUT2D eigenvalue weighted by molar-refractivity contribution is -0.134. The second-order valence-electron chi connectivity index (χ2n) is 4.26. The number of carbonyl (C=O) groups excluding carboxylic acids is 2. The lowest BCUT2D eigenvalue weighted by Crippen LogP contribution is -2.16. The van der Waals surface area contributed by atoms with Crippen molar-refractivity contribution in [3.05, 3.63) is 29.8 Å². The molecule has 6 heteroatoms. The van der Waals surface area contributed by atoms with Gasteiger partial charge in [-0.15, -0.1) is 0 Å². The van der Waals surface area contributed by atoms with Crippen molar-refractivity contribution in [2.75, 3.05) is 21.2 Å². The van der Waals surface area contributed by atoms with Gasteiger partial charge in [0, 0.05) is 30.6 Å². The summed E-state index contributed by atoms with van der Waals surface area (Å²) in [6.07, 6.45) is 1.28. The van der Waals surface area contributed by atoms with Gasteiger partial charge in [-0.3, -0.25) is 4.79 Å². The molecule has 0 atom stereocenters. The van der Waals surface area contributed by atoms with Gasteiger partial charge in [-0.05, 0) is 36.4 Å². The quantitative estimate of drug-likeness (QED) is 0.527. The molecule has 0 radical (unpaired) electrons. The summed E-state index contributed by atoms with van der Waals surface area (Å²) in [7, 11) is 4.58. The van der Waals surface area contributed by atoms with E-state index in [0.29, 0.717) is 16.0 Å². The van der Waals surface area contributed by atoms with Gasteiger partial charge in [-0.2, -0.15) is 0 Å². The van der Waals surface area contributed by atoms with Crippen LogP contribution in [0.1, 0.15) is 12.5 Å². The lowest BCUT2D eigenvalue weighted by atomic mass is 10.1. The number of amides is 1. The molecule has 1 amide bonds. The largest absolute Gasteiger partial charge is 0.507 e. The molecule has 5 nitrogen and oxygen atoms in total. The number of thioether (sulfide) groups is 1. The van der Waals surface area contributed by atoms with E-state index in [2.05, 4.69) is 4.74 Å². The second kappa shape index (κ2) is 7.00. The Hall–Kier alpha value is -1.95. The highest BCUT2D eigenvalue weighted by Crippen LogP contribution is 2.35. The zero-order valence-corrected chi connectivity index (χ0v) is 12.7. The van der Waals surface area contributed by atoms with E-state index in [1.807, 2.05) is 0 Å². The van der Waals surface area contributed by atoms with E-state index in [1.54, 1.807) is 33.2 Å². The number of hydrogen-bond donors (Lipinski definition) is 1. The van der Waals surface area contributed by atoms with Crippen molar-refractivity contribution in [1.82, 2.24) is 4.90 Å². The first-order valence-corrected chi connectivity index (χ1v) is 6.66. The normalized spacial score (nSPS) is 11.1. The fourth-order valence-electron chi connectivity index (χ4n) is 1.49. The van der Waals surface area contributed by atoms with Crippen molar-refractivity contribution >= 4 is 28.5 Å². The molecule has 0 bridgehead atoms. The van der Waals surface area contributed by atoms with Gasteiger partial charge in [-0.1, -0.05) is 6.07 Å². The molecule has 1 aromatic carbocycles. The molecule has 20 heavy (non-hydrogen) atoms. The van der Waals surface area contributed by atoms with Gasteiger partial charge in [0.1, 0.15) is 5.75 Å². The van der Waals surface area contributed by atoms with E-state index in [0.717, 1.165) is 11.8 Å². The number of esters is 1. The molecular formula is C14H17NO4S. The molecular weight excluding hydrogens is 278 g/mol. The van der Waals surface area contributed by atoms with Crippen LogP contribution in [-0.2, 0) is 9.53 Å². The Morgan fingerprint density at radius 2 is 2.00 bits per heavy atom. The fourth-order valence-corrected chi connectivity index (χ4v) is 2.38. The van der Waals surface area contributed by atoms with Gasteiger partial charge in [0.2, 0.25) is 0 Å². The smallest absolute Gasteiger partial charge is 0.330 e. The molecule has 1 N–H and O–H groups in total. The number of methoxy groups -OCH3 is 1. The Kier molecular flexibility index (Phi) is 5.64. The lowest BCUT2D eigenvalue weighted by Gasteiger charge is -2.13. The van der Waals surface area contributed by atoms with Gasteiger partial charge < -0.3 is 14.7 Å². The Bertz CT molecular complexity index is 552. The first-order valence-electron chi connectivity index (χ1n) is 5.84. The molecule has 1 aromatic rings. The molecule has 0 aliphatic rings. The molecule has 1 rings (SSSR count). The Morgan fingerprint density at radius 1 is 1.35 bits per heavy atom. The predicted octanol–water partition coefficient (Wildman–Crippen LogP) is 2.74. The van der Waals surface area contributed by atoms with Crippen molar-refractivity contribution < 1.29 is 19.4 Å². The minimum atomic E-state index is -0.513. The fraction of sp³-hybridized carbons (Fsp3) is 0.286. The maximum absolute atomic E-state index is 11.8. The third kappa shape index (κ3) is 4.03. The zero-order chi connectivity index (χ0) is 15.3. The second-order valence-corrected chi connectivity index (χ2v) is 5.26. The number of carbonyl (C=O) groups is 2. The summed E-state index contributed by atoms with van der Waals surface area (Å²) >= 11 is 0.990. The maximum Gasteiger partial charge on any atom is 0.330 e. The van der Waals surface area contributed by atoms with Crippen molar-refractivity contribution in [2.45, 2.75) is 11.8 Å². The molecule has 0 aromatic heterocycles. The van der Waals surface area contributed by atoms with E-state index in [9.17, 15) is 14.7 Å². The third-order valence-electron chi connectivity index (χ3n) is 2.50. The summed E-state index contributed by atoms with van der Waals surface area (Å²) in [6, 6.07) is 4.87. The summed E-state index contributed by atoms with van der Waals surface area (Å²) < 4.78 is 4.56. The topological polar surface area (TPSA) is 66.8 Å². The van der Waals surface area contributed by atoms with Gasteiger partial charge in [0.15, 0.2) is 0 Å². The molecule has 108 valence electrons. The van der Waals surface area contributed by atoms with Crippen molar-refractivity contribution in [2.24, 2.45) is 0 Å². The molecule has 0 aliphatic heterocycles. The average Bonchev–Trinajstić information content (AvgIpc) is 2.38. The van der Waals surface area contributed by atoms with Crippen LogP contribution in [0.25, 0.3) is 5.57 Å². The van der Waals surface area contributed by atoms with Crippen LogP contribution < -0.4 is 0 Å². The molecule has 0 aliphatic carbocycles. The van der Waals surface area contributed by atoms with Crippen LogP contribution in [0.2, 0.25) is 0 Å². The number of ether oxygens (including phenoxy) is 1. The number of allylic oxidation sites excluding steroid dienone is 1. The Balaban J connectivity index is 3.21.